The highest BCUT2D eigenvalue weighted by atomic mass is 32.2. The largest absolute Gasteiger partial charge is 0.293 e. The van der Waals surface area contributed by atoms with Crippen LogP contribution in [0.2, 0.25) is 0 Å². The molecule has 0 aliphatic carbocycles. The van der Waals surface area contributed by atoms with Crippen molar-refractivity contribution in [3.8, 4) is 0 Å². The van der Waals surface area contributed by atoms with Crippen LogP contribution in [0.25, 0.3) is 0 Å². The Morgan fingerprint density at radius 3 is 2.87 bits per heavy atom. The van der Waals surface area contributed by atoms with Crippen molar-refractivity contribution < 1.29 is 13.2 Å². The van der Waals surface area contributed by atoms with Crippen molar-refractivity contribution in [3.05, 3.63) is 46.4 Å². The molecule has 3 heterocycles. The van der Waals surface area contributed by atoms with Crippen molar-refractivity contribution in [1.82, 2.24) is 9.29 Å². The highest BCUT2D eigenvalue weighted by Crippen LogP contribution is 2.28. The molecule has 122 valence electrons. The third kappa shape index (κ3) is 3.22. The molecule has 0 unspecified atom stereocenters. The van der Waals surface area contributed by atoms with Crippen molar-refractivity contribution >= 4 is 27.1 Å². The second-order valence-electron chi connectivity index (χ2n) is 5.69. The molecule has 0 bridgehead atoms. The van der Waals surface area contributed by atoms with E-state index in [1.54, 1.807) is 12.3 Å². The summed E-state index contributed by atoms with van der Waals surface area (Å²) in [4.78, 5) is 17.5. The summed E-state index contributed by atoms with van der Waals surface area (Å²) >= 11 is 1.43. The lowest BCUT2D eigenvalue weighted by atomic mass is 9.93. The zero-order valence-corrected chi connectivity index (χ0v) is 14.4. The number of thiophene rings is 1. The zero-order valence-electron chi connectivity index (χ0n) is 12.8. The van der Waals surface area contributed by atoms with Gasteiger partial charge in [-0.15, -0.1) is 11.3 Å². The first kappa shape index (κ1) is 16.3. The number of carbonyl (C=O) groups is 1. The van der Waals surface area contributed by atoms with Crippen LogP contribution >= 0.6 is 11.3 Å². The Morgan fingerprint density at radius 1 is 1.39 bits per heavy atom. The molecule has 3 rings (SSSR count). The first-order valence-electron chi connectivity index (χ1n) is 7.48. The number of sulfonamides is 1. The molecule has 1 atom stereocenters. The van der Waals surface area contributed by atoms with Crippen molar-refractivity contribution in [3.63, 3.8) is 0 Å². The molecule has 1 fully saturated rings. The Morgan fingerprint density at radius 2 is 2.22 bits per heavy atom. The van der Waals surface area contributed by atoms with E-state index in [1.807, 2.05) is 18.4 Å². The Hall–Kier alpha value is -1.57. The third-order valence-corrected chi connectivity index (χ3v) is 6.99. The number of aryl methyl sites for hydroxylation is 1. The van der Waals surface area contributed by atoms with Crippen molar-refractivity contribution in [2.45, 2.75) is 24.7 Å². The van der Waals surface area contributed by atoms with Gasteiger partial charge in [0.2, 0.25) is 10.0 Å². The predicted octanol–water partition coefficient (Wildman–Crippen LogP) is 2.74. The van der Waals surface area contributed by atoms with Crippen LogP contribution < -0.4 is 0 Å². The van der Waals surface area contributed by atoms with Gasteiger partial charge in [0, 0.05) is 31.4 Å². The molecule has 0 N–H and O–H groups in total. The second-order valence-corrected chi connectivity index (χ2v) is 8.54. The van der Waals surface area contributed by atoms with E-state index in [9.17, 15) is 13.2 Å². The molecule has 0 spiro atoms. The van der Waals surface area contributed by atoms with E-state index < -0.39 is 10.0 Å². The van der Waals surface area contributed by atoms with Crippen LogP contribution in [0.3, 0.4) is 0 Å². The Labute approximate surface area is 140 Å². The van der Waals surface area contributed by atoms with E-state index in [1.165, 1.54) is 27.9 Å². The molecule has 2 aromatic rings. The smallest absolute Gasteiger partial charge is 0.244 e. The van der Waals surface area contributed by atoms with Crippen molar-refractivity contribution in [2.24, 2.45) is 5.92 Å². The molecule has 0 amide bonds. The van der Waals surface area contributed by atoms with Crippen LogP contribution in [-0.4, -0.2) is 36.6 Å². The van der Waals surface area contributed by atoms with Crippen LogP contribution in [0.5, 0.6) is 0 Å². The summed E-state index contributed by atoms with van der Waals surface area (Å²) in [6.45, 7) is 2.61. The Kier molecular flexibility index (Phi) is 4.61. The maximum atomic E-state index is 12.7. The third-order valence-electron chi connectivity index (χ3n) is 4.11. The SMILES string of the molecule is Cc1ccsc1C(=O)[C@@H]1CCCN(S(=O)(=O)c2cccnc2)C1. The number of carbonyl (C=O) groups excluding carboxylic acids is 1. The summed E-state index contributed by atoms with van der Waals surface area (Å²) in [6, 6.07) is 5.07. The molecular weight excluding hydrogens is 332 g/mol. The van der Waals surface area contributed by atoms with Crippen LogP contribution in [0, 0.1) is 12.8 Å². The molecule has 1 saturated heterocycles. The Balaban J connectivity index is 1.81. The lowest BCUT2D eigenvalue weighted by Crippen LogP contribution is -2.42. The first-order chi connectivity index (χ1) is 11.0. The first-order valence-corrected chi connectivity index (χ1v) is 9.80. The fourth-order valence-corrected chi connectivity index (χ4v) is 5.27. The van der Waals surface area contributed by atoms with Gasteiger partial charge in [-0.3, -0.25) is 9.78 Å². The van der Waals surface area contributed by atoms with Gasteiger partial charge in [0.1, 0.15) is 4.90 Å². The number of piperidine rings is 1. The fourth-order valence-electron chi connectivity index (χ4n) is 2.83. The summed E-state index contributed by atoms with van der Waals surface area (Å²) in [5.41, 5.74) is 0.965. The van der Waals surface area contributed by atoms with Gasteiger partial charge in [-0.25, -0.2) is 8.42 Å². The van der Waals surface area contributed by atoms with Gasteiger partial charge >= 0.3 is 0 Å². The average Bonchev–Trinajstić information content (AvgIpc) is 3.01. The topological polar surface area (TPSA) is 67.3 Å². The summed E-state index contributed by atoms with van der Waals surface area (Å²) in [7, 11) is -3.59. The zero-order chi connectivity index (χ0) is 16.4. The average molecular weight is 350 g/mol. The number of nitrogens with zero attached hydrogens (tertiary/aromatic N) is 2. The number of Topliss-reactive ketones (excluding diaryl/α,β-unsaturated/α-hetero) is 1. The van der Waals surface area contributed by atoms with Gasteiger partial charge in [0.05, 0.1) is 4.88 Å². The number of pyridine rings is 1. The lowest BCUT2D eigenvalue weighted by molar-refractivity contribution is 0.0876. The molecule has 0 saturated carbocycles. The molecule has 2 aromatic heterocycles. The van der Waals surface area contributed by atoms with E-state index in [2.05, 4.69) is 4.98 Å². The molecule has 7 heteroatoms. The van der Waals surface area contributed by atoms with Crippen LogP contribution in [0.15, 0.2) is 40.9 Å². The summed E-state index contributed by atoms with van der Waals surface area (Å²) in [6.07, 6.45) is 4.32. The monoisotopic (exact) mass is 350 g/mol. The quantitative estimate of drug-likeness (QED) is 0.795. The molecule has 0 radical (unpaired) electrons. The Bertz CT molecular complexity index is 800. The second kappa shape index (κ2) is 6.51. The van der Waals surface area contributed by atoms with Crippen LogP contribution in [-0.2, 0) is 10.0 Å². The van der Waals surface area contributed by atoms with E-state index in [0.29, 0.717) is 13.0 Å². The van der Waals surface area contributed by atoms with Crippen LogP contribution in [0.4, 0.5) is 0 Å². The lowest BCUT2D eigenvalue weighted by Gasteiger charge is -2.31. The number of rotatable bonds is 4. The van der Waals surface area contributed by atoms with Gasteiger partial charge in [-0.2, -0.15) is 4.31 Å². The van der Waals surface area contributed by atoms with E-state index >= 15 is 0 Å². The summed E-state index contributed by atoms with van der Waals surface area (Å²) in [5.74, 6) is -0.212. The summed E-state index contributed by atoms with van der Waals surface area (Å²) in [5, 5.41) is 1.90. The minimum atomic E-state index is -3.59. The predicted molar refractivity (Wildman–Crippen MR) is 89.1 cm³/mol. The highest BCUT2D eigenvalue weighted by molar-refractivity contribution is 7.89. The van der Waals surface area contributed by atoms with Gasteiger partial charge in [-0.1, -0.05) is 0 Å². The number of hydrogen-bond donors (Lipinski definition) is 0. The maximum Gasteiger partial charge on any atom is 0.244 e. The number of aromatic nitrogens is 1. The van der Waals surface area contributed by atoms with Gasteiger partial charge in [0.15, 0.2) is 5.78 Å². The van der Waals surface area contributed by atoms with Crippen molar-refractivity contribution in [2.75, 3.05) is 13.1 Å². The van der Waals surface area contributed by atoms with Crippen LogP contribution in [0.1, 0.15) is 28.1 Å². The highest BCUT2D eigenvalue weighted by Gasteiger charge is 2.34. The molecule has 1 aliphatic rings. The summed E-state index contributed by atoms with van der Waals surface area (Å²) < 4.78 is 26.8. The van der Waals surface area contributed by atoms with Gasteiger partial charge < -0.3 is 0 Å². The normalized spacial score (nSPS) is 19.6. The molecular formula is C16H18N2O3S2. The number of hydrogen-bond acceptors (Lipinski definition) is 5. The minimum absolute atomic E-state index is 0.0589. The van der Waals surface area contributed by atoms with Crippen molar-refractivity contribution in [1.29, 1.82) is 0 Å². The van der Waals surface area contributed by atoms with E-state index in [4.69, 9.17) is 0 Å². The minimum Gasteiger partial charge on any atom is -0.293 e. The maximum absolute atomic E-state index is 12.7. The van der Waals surface area contributed by atoms with E-state index in [0.717, 1.165) is 16.9 Å². The molecule has 23 heavy (non-hydrogen) atoms. The van der Waals surface area contributed by atoms with E-state index in [-0.39, 0.29) is 23.1 Å². The molecule has 5 nitrogen and oxygen atoms in total. The fraction of sp³-hybridized carbons (Fsp3) is 0.375. The molecule has 1 aliphatic heterocycles. The molecule has 0 aromatic carbocycles. The number of ketones is 1. The standard InChI is InChI=1S/C16H18N2O3S2/c1-12-6-9-22-16(12)15(19)13-4-3-8-18(11-13)23(20,21)14-5-2-7-17-10-14/h2,5-7,9-10,13H,3-4,8,11H2,1H3/t13-/m1/s1. The van der Waals surface area contributed by atoms with Gasteiger partial charge in [0.25, 0.3) is 0 Å². The van der Waals surface area contributed by atoms with Gasteiger partial charge in [-0.05, 0) is 48.9 Å².